The maximum absolute atomic E-state index is 13.0. The van der Waals surface area contributed by atoms with Crippen LogP contribution in [0.3, 0.4) is 0 Å². The SMILES string of the molecule is CCn1c(C(=O)N[C@H]2CCCOc3ccccc32)cc2ccccc21. The highest BCUT2D eigenvalue weighted by Gasteiger charge is 2.23. The Bertz CT molecular complexity index is 913. The van der Waals surface area contributed by atoms with Gasteiger partial charge in [-0.25, -0.2) is 0 Å². The molecule has 0 saturated carbocycles. The van der Waals surface area contributed by atoms with E-state index in [9.17, 15) is 4.79 Å². The third-order valence-corrected chi connectivity index (χ3v) is 4.85. The van der Waals surface area contributed by atoms with Gasteiger partial charge in [0.05, 0.1) is 12.6 Å². The number of carbonyl (C=O) groups is 1. The second-order valence-corrected chi connectivity index (χ2v) is 6.39. The van der Waals surface area contributed by atoms with Crippen LogP contribution in [0.25, 0.3) is 10.9 Å². The first-order chi connectivity index (χ1) is 12.3. The topological polar surface area (TPSA) is 43.3 Å². The fourth-order valence-electron chi connectivity index (χ4n) is 3.65. The summed E-state index contributed by atoms with van der Waals surface area (Å²) in [6.07, 6.45) is 1.81. The van der Waals surface area contributed by atoms with E-state index in [1.807, 2.05) is 48.5 Å². The number of hydrogen-bond acceptors (Lipinski definition) is 2. The molecule has 1 aromatic heterocycles. The molecule has 0 radical (unpaired) electrons. The second kappa shape index (κ2) is 6.63. The molecular weight excluding hydrogens is 312 g/mol. The van der Waals surface area contributed by atoms with E-state index in [1.165, 1.54) is 0 Å². The van der Waals surface area contributed by atoms with Crippen LogP contribution in [0.2, 0.25) is 0 Å². The summed E-state index contributed by atoms with van der Waals surface area (Å²) in [5, 5.41) is 4.32. The summed E-state index contributed by atoms with van der Waals surface area (Å²) >= 11 is 0. The van der Waals surface area contributed by atoms with Gasteiger partial charge < -0.3 is 14.6 Å². The number of nitrogens with one attached hydrogen (secondary N) is 1. The predicted molar refractivity (Wildman–Crippen MR) is 99.0 cm³/mol. The Balaban J connectivity index is 1.67. The first-order valence-corrected chi connectivity index (χ1v) is 8.89. The van der Waals surface area contributed by atoms with Gasteiger partial charge >= 0.3 is 0 Å². The molecule has 3 aromatic rings. The van der Waals surface area contributed by atoms with E-state index in [0.717, 1.165) is 41.6 Å². The van der Waals surface area contributed by atoms with E-state index >= 15 is 0 Å². The van der Waals surface area contributed by atoms with Crippen molar-refractivity contribution in [3.8, 4) is 5.75 Å². The zero-order valence-electron chi connectivity index (χ0n) is 14.4. The highest BCUT2D eigenvalue weighted by Crippen LogP contribution is 2.31. The smallest absolute Gasteiger partial charge is 0.268 e. The maximum Gasteiger partial charge on any atom is 0.268 e. The van der Waals surface area contributed by atoms with Crippen molar-refractivity contribution < 1.29 is 9.53 Å². The second-order valence-electron chi connectivity index (χ2n) is 6.39. The third kappa shape index (κ3) is 2.88. The molecule has 1 aliphatic rings. The quantitative estimate of drug-likeness (QED) is 0.776. The molecule has 1 atom stereocenters. The van der Waals surface area contributed by atoms with Crippen molar-refractivity contribution in [1.82, 2.24) is 9.88 Å². The zero-order valence-corrected chi connectivity index (χ0v) is 14.4. The summed E-state index contributed by atoms with van der Waals surface area (Å²) in [5.41, 5.74) is 2.87. The van der Waals surface area contributed by atoms with Crippen molar-refractivity contribution in [2.45, 2.75) is 32.4 Å². The Kier molecular flexibility index (Phi) is 4.18. The van der Waals surface area contributed by atoms with Gasteiger partial charge in [-0.15, -0.1) is 0 Å². The molecule has 1 N–H and O–H groups in total. The number of aromatic nitrogens is 1. The van der Waals surface area contributed by atoms with Crippen LogP contribution in [0.5, 0.6) is 5.75 Å². The lowest BCUT2D eigenvalue weighted by Crippen LogP contribution is -2.30. The van der Waals surface area contributed by atoms with Crippen LogP contribution in [0.15, 0.2) is 54.6 Å². The molecular formula is C21H22N2O2. The van der Waals surface area contributed by atoms with Crippen LogP contribution in [-0.4, -0.2) is 17.1 Å². The van der Waals surface area contributed by atoms with Gasteiger partial charge in [0.25, 0.3) is 5.91 Å². The largest absolute Gasteiger partial charge is 0.493 e. The lowest BCUT2D eigenvalue weighted by atomic mass is 10.0. The van der Waals surface area contributed by atoms with Crippen LogP contribution >= 0.6 is 0 Å². The van der Waals surface area contributed by atoms with E-state index in [1.54, 1.807) is 0 Å². The minimum absolute atomic E-state index is 0.0190. The first kappa shape index (κ1) is 15.8. The number of amides is 1. The van der Waals surface area contributed by atoms with E-state index in [2.05, 4.69) is 22.9 Å². The predicted octanol–water partition coefficient (Wildman–Crippen LogP) is 4.30. The monoisotopic (exact) mass is 334 g/mol. The van der Waals surface area contributed by atoms with Gasteiger partial charge in [-0.3, -0.25) is 4.79 Å². The summed E-state index contributed by atoms with van der Waals surface area (Å²) in [6.45, 7) is 3.53. The number of nitrogens with zero attached hydrogens (tertiary/aromatic N) is 1. The van der Waals surface area contributed by atoms with Crippen molar-refractivity contribution >= 4 is 16.8 Å². The van der Waals surface area contributed by atoms with Crippen LogP contribution < -0.4 is 10.1 Å². The van der Waals surface area contributed by atoms with Gasteiger partial charge in [-0.2, -0.15) is 0 Å². The molecule has 1 amide bonds. The Labute approximate surface area is 147 Å². The number of rotatable bonds is 3. The zero-order chi connectivity index (χ0) is 17.2. The molecule has 0 spiro atoms. The van der Waals surface area contributed by atoms with Crippen molar-refractivity contribution in [3.63, 3.8) is 0 Å². The molecule has 0 fully saturated rings. The van der Waals surface area contributed by atoms with Gasteiger partial charge in [0, 0.05) is 23.0 Å². The fraction of sp³-hybridized carbons (Fsp3) is 0.286. The first-order valence-electron chi connectivity index (χ1n) is 8.89. The number of carbonyl (C=O) groups excluding carboxylic acids is 1. The minimum Gasteiger partial charge on any atom is -0.493 e. The van der Waals surface area contributed by atoms with E-state index in [0.29, 0.717) is 12.3 Å². The molecule has 128 valence electrons. The summed E-state index contributed by atoms with van der Waals surface area (Å²) in [7, 11) is 0. The third-order valence-electron chi connectivity index (χ3n) is 4.85. The number of benzene rings is 2. The molecule has 2 heterocycles. The van der Waals surface area contributed by atoms with E-state index < -0.39 is 0 Å². The summed E-state index contributed by atoms with van der Waals surface area (Å²) in [4.78, 5) is 13.0. The number of para-hydroxylation sites is 2. The Morgan fingerprint density at radius 1 is 1.20 bits per heavy atom. The van der Waals surface area contributed by atoms with Gasteiger partial charge in [-0.05, 0) is 38.0 Å². The summed E-state index contributed by atoms with van der Waals surface area (Å²) in [6, 6.07) is 18.1. The van der Waals surface area contributed by atoms with Crippen molar-refractivity contribution in [2.75, 3.05) is 6.61 Å². The molecule has 4 nitrogen and oxygen atoms in total. The van der Waals surface area contributed by atoms with Gasteiger partial charge in [0.1, 0.15) is 11.4 Å². The molecule has 0 aliphatic carbocycles. The van der Waals surface area contributed by atoms with E-state index in [-0.39, 0.29) is 11.9 Å². The Morgan fingerprint density at radius 3 is 2.88 bits per heavy atom. The van der Waals surface area contributed by atoms with E-state index in [4.69, 9.17) is 4.74 Å². The normalized spacial score (nSPS) is 16.8. The van der Waals surface area contributed by atoms with Crippen LogP contribution in [0.4, 0.5) is 0 Å². The molecule has 0 bridgehead atoms. The Hall–Kier alpha value is -2.75. The molecule has 4 heteroatoms. The molecule has 1 aliphatic heterocycles. The summed E-state index contributed by atoms with van der Waals surface area (Å²) in [5.74, 6) is 0.848. The van der Waals surface area contributed by atoms with Gasteiger partial charge in [0.15, 0.2) is 0 Å². The lowest BCUT2D eigenvalue weighted by Gasteiger charge is -2.19. The van der Waals surface area contributed by atoms with Crippen molar-refractivity contribution in [3.05, 3.63) is 65.9 Å². The van der Waals surface area contributed by atoms with Crippen LogP contribution in [0.1, 0.15) is 41.9 Å². The molecule has 0 unspecified atom stereocenters. The average Bonchev–Trinajstić information content (AvgIpc) is 2.91. The van der Waals surface area contributed by atoms with Gasteiger partial charge in [0.2, 0.25) is 0 Å². The number of ether oxygens (including phenoxy) is 1. The van der Waals surface area contributed by atoms with Crippen LogP contribution in [0, 0.1) is 0 Å². The van der Waals surface area contributed by atoms with Gasteiger partial charge in [-0.1, -0.05) is 36.4 Å². The average molecular weight is 334 g/mol. The molecule has 0 saturated heterocycles. The Morgan fingerprint density at radius 2 is 2.00 bits per heavy atom. The molecule has 2 aromatic carbocycles. The van der Waals surface area contributed by atoms with Crippen molar-refractivity contribution in [1.29, 1.82) is 0 Å². The fourth-order valence-corrected chi connectivity index (χ4v) is 3.65. The molecule has 25 heavy (non-hydrogen) atoms. The summed E-state index contributed by atoms with van der Waals surface area (Å²) < 4.78 is 7.88. The molecule has 4 rings (SSSR count). The minimum atomic E-state index is -0.0280. The maximum atomic E-state index is 13.0. The standard InChI is InChI=1S/C21H22N2O2/c1-2-23-18-11-5-3-8-15(18)14-19(23)21(24)22-17-10-7-13-25-20-12-6-4-9-16(17)20/h3-6,8-9,11-12,14,17H,2,7,10,13H2,1H3,(H,22,24)/t17-/m0/s1. The number of hydrogen-bond donors (Lipinski definition) is 1. The lowest BCUT2D eigenvalue weighted by molar-refractivity contribution is 0.0926. The highest BCUT2D eigenvalue weighted by atomic mass is 16.5. The highest BCUT2D eigenvalue weighted by molar-refractivity contribution is 5.99. The number of fused-ring (bicyclic) bond motifs is 2. The van der Waals surface area contributed by atoms with Crippen LogP contribution in [-0.2, 0) is 6.54 Å². The van der Waals surface area contributed by atoms with Crippen molar-refractivity contribution in [2.24, 2.45) is 0 Å². The number of aryl methyl sites for hydroxylation is 1.